The van der Waals surface area contributed by atoms with Crippen LogP contribution in [0.15, 0.2) is 85.6 Å². The maximum atomic E-state index is 13.3. The smallest absolute Gasteiger partial charge is 0.272 e. The van der Waals surface area contributed by atoms with Crippen LogP contribution in [0, 0.1) is 0 Å². The van der Waals surface area contributed by atoms with E-state index < -0.39 is 0 Å². The van der Waals surface area contributed by atoms with Crippen LogP contribution >= 0.6 is 0 Å². The molecule has 180 valence electrons. The minimum atomic E-state index is -0.348. The molecule has 0 saturated heterocycles. The number of aromatic nitrogens is 6. The molecule has 36 heavy (non-hydrogen) atoms. The van der Waals surface area contributed by atoms with E-state index in [2.05, 4.69) is 31.0 Å². The van der Waals surface area contributed by atoms with Crippen molar-refractivity contribution in [2.24, 2.45) is 0 Å². The van der Waals surface area contributed by atoms with Gasteiger partial charge in [0.1, 0.15) is 0 Å². The topological polar surface area (TPSA) is 120 Å². The molecule has 2 amide bonds. The van der Waals surface area contributed by atoms with Crippen molar-refractivity contribution in [2.75, 3.05) is 11.9 Å². The summed E-state index contributed by atoms with van der Waals surface area (Å²) < 4.78 is 3.54. The van der Waals surface area contributed by atoms with E-state index in [4.69, 9.17) is 0 Å². The van der Waals surface area contributed by atoms with Crippen molar-refractivity contribution in [2.45, 2.75) is 19.5 Å². The molecule has 10 nitrogen and oxygen atoms in total. The minimum Gasteiger partial charge on any atom is -0.351 e. The van der Waals surface area contributed by atoms with Crippen molar-refractivity contribution in [3.05, 3.63) is 102 Å². The Kier molecular flexibility index (Phi) is 6.74. The first-order chi connectivity index (χ1) is 17.7. The molecular formula is C26H24N8O2. The normalized spacial score (nSPS) is 10.9. The predicted octanol–water partition coefficient (Wildman–Crippen LogP) is 3.14. The van der Waals surface area contributed by atoms with Gasteiger partial charge >= 0.3 is 0 Å². The van der Waals surface area contributed by atoms with Gasteiger partial charge in [-0.1, -0.05) is 35.5 Å². The first-order valence-electron chi connectivity index (χ1n) is 11.6. The van der Waals surface area contributed by atoms with Crippen molar-refractivity contribution >= 4 is 28.3 Å². The van der Waals surface area contributed by atoms with Crippen LogP contribution in [0.5, 0.6) is 0 Å². The summed E-state index contributed by atoms with van der Waals surface area (Å²) in [5, 5.41) is 19.5. The standard InChI is InChI=1S/C26H24N8O2/c35-25(22-10-9-19(18-34-17-14-29-32-34)20-6-1-2-7-21(20)22)31-23-8-3-11-27-24(23)26(36)28-12-4-15-33-16-5-13-30-33/h1-3,5-11,13-14,16-17H,4,12,15,18H2,(H,28,36)(H,31,35). The number of benzene rings is 2. The van der Waals surface area contributed by atoms with Crippen LogP contribution in [-0.2, 0) is 13.1 Å². The lowest BCUT2D eigenvalue weighted by atomic mass is 9.99. The van der Waals surface area contributed by atoms with Crippen LogP contribution in [0.4, 0.5) is 5.69 Å². The van der Waals surface area contributed by atoms with Crippen LogP contribution in [0.25, 0.3) is 10.8 Å². The number of hydrogen-bond acceptors (Lipinski definition) is 6. The number of fused-ring (bicyclic) bond motifs is 1. The third kappa shape index (κ3) is 5.12. The van der Waals surface area contributed by atoms with Gasteiger partial charge in [0, 0.05) is 43.4 Å². The van der Waals surface area contributed by atoms with Crippen LogP contribution in [0.3, 0.4) is 0 Å². The fourth-order valence-electron chi connectivity index (χ4n) is 4.03. The highest BCUT2D eigenvalue weighted by Crippen LogP contribution is 2.25. The quantitative estimate of drug-likeness (QED) is 0.313. The van der Waals surface area contributed by atoms with E-state index in [1.165, 1.54) is 6.20 Å². The van der Waals surface area contributed by atoms with E-state index in [-0.39, 0.29) is 17.5 Å². The highest BCUT2D eigenvalue weighted by molar-refractivity contribution is 6.15. The summed E-state index contributed by atoms with van der Waals surface area (Å²) in [6, 6.07) is 16.6. The monoisotopic (exact) mass is 480 g/mol. The van der Waals surface area contributed by atoms with E-state index in [1.807, 2.05) is 42.6 Å². The SMILES string of the molecule is O=C(NCCCn1cccn1)c1ncccc1NC(=O)c1ccc(Cn2ccnn2)c2ccccc12. The zero-order chi connectivity index (χ0) is 24.7. The fraction of sp³-hybridized carbons (Fsp3) is 0.154. The number of amides is 2. The summed E-state index contributed by atoms with van der Waals surface area (Å²) >= 11 is 0. The van der Waals surface area contributed by atoms with Gasteiger partial charge in [0.15, 0.2) is 5.69 Å². The summed E-state index contributed by atoms with van der Waals surface area (Å²) in [5.74, 6) is -0.668. The summed E-state index contributed by atoms with van der Waals surface area (Å²) in [7, 11) is 0. The largest absolute Gasteiger partial charge is 0.351 e. The van der Waals surface area contributed by atoms with Crippen molar-refractivity contribution in [1.82, 2.24) is 35.1 Å². The van der Waals surface area contributed by atoms with E-state index in [9.17, 15) is 9.59 Å². The van der Waals surface area contributed by atoms with E-state index >= 15 is 0 Å². The second kappa shape index (κ2) is 10.6. The molecule has 0 aliphatic heterocycles. The van der Waals surface area contributed by atoms with Gasteiger partial charge in [-0.2, -0.15) is 5.10 Å². The molecule has 2 N–H and O–H groups in total. The first kappa shape index (κ1) is 22.9. The number of pyridine rings is 1. The van der Waals surface area contributed by atoms with Gasteiger partial charge in [0.05, 0.1) is 18.4 Å². The molecule has 0 atom stereocenters. The summed E-state index contributed by atoms with van der Waals surface area (Å²) in [6.45, 7) is 1.69. The predicted molar refractivity (Wildman–Crippen MR) is 134 cm³/mol. The molecule has 3 aromatic heterocycles. The average molecular weight is 481 g/mol. The molecule has 5 rings (SSSR count). The van der Waals surface area contributed by atoms with Gasteiger partial charge in [0.2, 0.25) is 0 Å². The Morgan fingerprint density at radius 2 is 1.72 bits per heavy atom. The van der Waals surface area contributed by atoms with Crippen molar-refractivity contribution in [1.29, 1.82) is 0 Å². The highest BCUT2D eigenvalue weighted by atomic mass is 16.2. The van der Waals surface area contributed by atoms with E-state index in [0.717, 1.165) is 22.8 Å². The van der Waals surface area contributed by atoms with Gasteiger partial charge in [-0.05, 0) is 47.0 Å². The van der Waals surface area contributed by atoms with Crippen LogP contribution in [0.2, 0.25) is 0 Å². The lowest BCUT2D eigenvalue weighted by Crippen LogP contribution is -2.28. The Labute approximate surface area is 207 Å². The molecule has 5 aromatic rings. The van der Waals surface area contributed by atoms with Gasteiger partial charge in [-0.25, -0.2) is 9.67 Å². The maximum Gasteiger partial charge on any atom is 0.272 e. The lowest BCUT2D eigenvalue weighted by molar-refractivity contribution is 0.0948. The molecule has 10 heteroatoms. The summed E-state index contributed by atoms with van der Waals surface area (Å²) in [5.41, 5.74) is 2.03. The Balaban J connectivity index is 1.31. The molecule has 0 aliphatic rings. The molecule has 0 aliphatic carbocycles. The number of aryl methyl sites for hydroxylation is 1. The summed E-state index contributed by atoms with van der Waals surface area (Å²) in [4.78, 5) is 30.3. The molecule has 0 radical (unpaired) electrons. The number of nitrogens with zero attached hydrogens (tertiary/aromatic N) is 6. The van der Waals surface area contributed by atoms with Crippen molar-refractivity contribution in [3.8, 4) is 0 Å². The van der Waals surface area contributed by atoms with Gasteiger partial charge in [0.25, 0.3) is 11.8 Å². The zero-order valence-electron chi connectivity index (χ0n) is 19.4. The van der Waals surface area contributed by atoms with Crippen molar-refractivity contribution < 1.29 is 9.59 Å². The lowest BCUT2D eigenvalue weighted by Gasteiger charge is -2.13. The Hall–Kier alpha value is -4.86. The second-order valence-electron chi connectivity index (χ2n) is 8.15. The first-order valence-corrected chi connectivity index (χ1v) is 11.6. The van der Waals surface area contributed by atoms with Gasteiger partial charge < -0.3 is 10.6 Å². The molecule has 2 aromatic carbocycles. The molecule has 0 spiro atoms. The molecule has 3 heterocycles. The zero-order valence-corrected chi connectivity index (χ0v) is 19.4. The number of rotatable bonds is 9. The second-order valence-corrected chi connectivity index (χ2v) is 8.15. The Morgan fingerprint density at radius 1 is 0.833 bits per heavy atom. The Morgan fingerprint density at radius 3 is 2.53 bits per heavy atom. The van der Waals surface area contributed by atoms with E-state index in [0.29, 0.717) is 30.9 Å². The number of carbonyl (C=O) groups excluding carboxylic acids is 2. The van der Waals surface area contributed by atoms with Crippen molar-refractivity contribution in [3.63, 3.8) is 0 Å². The average Bonchev–Trinajstić information content (AvgIpc) is 3.62. The van der Waals surface area contributed by atoms with Crippen LogP contribution in [-0.4, -0.2) is 48.1 Å². The third-order valence-corrected chi connectivity index (χ3v) is 5.74. The number of anilines is 1. The Bertz CT molecular complexity index is 1480. The molecular weight excluding hydrogens is 456 g/mol. The molecule has 0 bridgehead atoms. The number of nitrogens with one attached hydrogen (secondary N) is 2. The maximum absolute atomic E-state index is 13.3. The van der Waals surface area contributed by atoms with E-state index in [1.54, 1.807) is 46.2 Å². The molecule has 0 unspecified atom stereocenters. The van der Waals surface area contributed by atoms with Gasteiger partial charge in [-0.3, -0.25) is 14.3 Å². The fourth-order valence-corrected chi connectivity index (χ4v) is 4.03. The summed E-state index contributed by atoms with van der Waals surface area (Å²) in [6.07, 6.45) is 9.26. The number of carbonyl (C=O) groups is 2. The highest BCUT2D eigenvalue weighted by Gasteiger charge is 2.18. The van der Waals surface area contributed by atoms with Crippen LogP contribution < -0.4 is 10.6 Å². The third-order valence-electron chi connectivity index (χ3n) is 5.74. The van der Waals surface area contributed by atoms with Gasteiger partial charge in [-0.15, -0.1) is 5.10 Å². The molecule has 0 saturated carbocycles. The minimum absolute atomic E-state index is 0.164. The number of hydrogen-bond donors (Lipinski definition) is 2. The molecule has 0 fully saturated rings. The van der Waals surface area contributed by atoms with Crippen LogP contribution in [0.1, 0.15) is 32.8 Å².